The number of halogens is 1. The van der Waals surface area contributed by atoms with E-state index in [1.165, 1.54) is 0 Å². The Morgan fingerprint density at radius 3 is 2.89 bits per heavy atom. The van der Waals surface area contributed by atoms with E-state index in [1.54, 1.807) is 6.20 Å². The topological polar surface area (TPSA) is 68.0 Å². The fraction of sp³-hybridized carbons (Fsp3) is 0.538. The molecule has 1 aromatic heterocycles. The van der Waals surface area contributed by atoms with Crippen molar-refractivity contribution in [2.75, 3.05) is 11.1 Å². The highest BCUT2D eigenvalue weighted by molar-refractivity contribution is 7.98. The standard InChI is InChI=1S/C13H21N3OS.ClH/c1-3-5-11(14)13(17)16-12-8-10(6-7-15-12)9-18-4-2;/h6-8,11H,3-5,9,14H2,1-2H3,(H,15,16,17);1H. The summed E-state index contributed by atoms with van der Waals surface area (Å²) in [6.07, 6.45) is 3.30. The van der Waals surface area contributed by atoms with E-state index in [2.05, 4.69) is 17.2 Å². The number of aromatic nitrogens is 1. The van der Waals surface area contributed by atoms with Crippen LogP contribution in [0.3, 0.4) is 0 Å². The normalized spacial score (nSPS) is 11.5. The second-order valence-corrected chi connectivity index (χ2v) is 5.35. The van der Waals surface area contributed by atoms with Gasteiger partial charge in [-0.15, -0.1) is 12.4 Å². The van der Waals surface area contributed by atoms with Gasteiger partial charge in [-0.3, -0.25) is 4.79 Å². The molecule has 108 valence electrons. The summed E-state index contributed by atoms with van der Waals surface area (Å²) in [7, 11) is 0. The maximum Gasteiger partial charge on any atom is 0.242 e. The molecule has 0 radical (unpaired) electrons. The molecule has 1 amide bonds. The van der Waals surface area contributed by atoms with Crippen molar-refractivity contribution < 1.29 is 4.79 Å². The first-order chi connectivity index (χ1) is 8.67. The van der Waals surface area contributed by atoms with Gasteiger partial charge in [0.05, 0.1) is 6.04 Å². The third kappa shape index (κ3) is 6.80. The Morgan fingerprint density at radius 2 is 2.26 bits per heavy atom. The van der Waals surface area contributed by atoms with E-state index in [0.29, 0.717) is 12.2 Å². The lowest BCUT2D eigenvalue weighted by atomic mass is 10.1. The van der Waals surface area contributed by atoms with Crippen molar-refractivity contribution in [1.82, 2.24) is 4.98 Å². The van der Waals surface area contributed by atoms with Crippen molar-refractivity contribution in [2.24, 2.45) is 5.73 Å². The maximum atomic E-state index is 11.7. The molecule has 1 aromatic rings. The number of rotatable bonds is 7. The first-order valence-electron chi connectivity index (χ1n) is 6.26. The van der Waals surface area contributed by atoms with Crippen LogP contribution in [-0.4, -0.2) is 22.7 Å². The van der Waals surface area contributed by atoms with Crippen molar-refractivity contribution >= 4 is 35.9 Å². The quantitative estimate of drug-likeness (QED) is 0.813. The number of carbonyl (C=O) groups is 1. The van der Waals surface area contributed by atoms with Crippen molar-refractivity contribution in [1.29, 1.82) is 0 Å². The molecule has 0 saturated heterocycles. The number of carbonyl (C=O) groups excluding carboxylic acids is 1. The second-order valence-electron chi connectivity index (χ2n) is 4.07. The van der Waals surface area contributed by atoms with Gasteiger partial charge in [-0.05, 0) is 29.9 Å². The smallest absolute Gasteiger partial charge is 0.242 e. The third-order valence-electron chi connectivity index (χ3n) is 2.48. The van der Waals surface area contributed by atoms with E-state index in [0.717, 1.165) is 23.5 Å². The number of nitrogens with one attached hydrogen (secondary N) is 1. The zero-order chi connectivity index (χ0) is 13.4. The Labute approximate surface area is 125 Å². The molecule has 1 heterocycles. The number of nitrogens with two attached hydrogens (primary N) is 1. The molecule has 0 aliphatic rings. The zero-order valence-corrected chi connectivity index (χ0v) is 13.0. The fourth-order valence-corrected chi connectivity index (χ4v) is 2.13. The Kier molecular flexibility index (Phi) is 9.65. The molecule has 0 saturated carbocycles. The van der Waals surface area contributed by atoms with Crippen molar-refractivity contribution in [3.05, 3.63) is 23.9 Å². The van der Waals surface area contributed by atoms with Crippen molar-refractivity contribution in [3.63, 3.8) is 0 Å². The van der Waals surface area contributed by atoms with E-state index < -0.39 is 6.04 Å². The molecule has 1 unspecified atom stereocenters. The summed E-state index contributed by atoms with van der Waals surface area (Å²) in [4.78, 5) is 15.9. The number of pyridine rings is 1. The van der Waals surface area contributed by atoms with E-state index in [4.69, 9.17) is 5.73 Å². The van der Waals surface area contributed by atoms with Crippen LogP contribution >= 0.6 is 24.2 Å². The molecule has 1 rings (SSSR count). The largest absolute Gasteiger partial charge is 0.320 e. The summed E-state index contributed by atoms with van der Waals surface area (Å²) in [6, 6.07) is 3.41. The number of hydrogen-bond donors (Lipinski definition) is 2. The highest BCUT2D eigenvalue weighted by Crippen LogP contribution is 2.14. The number of anilines is 1. The van der Waals surface area contributed by atoms with Gasteiger partial charge >= 0.3 is 0 Å². The Balaban J connectivity index is 0.00000324. The molecule has 0 aliphatic heterocycles. The zero-order valence-electron chi connectivity index (χ0n) is 11.4. The lowest BCUT2D eigenvalue weighted by molar-refractivity contribution is -0.117. The van der Waals surface area contributed by atoms with Crippen LogP contribution in [-0.2, 0) is 10.5 Å². The van der Waals surface area contributed by atoms with E-state index >= 15 is 0 Å². The van der Waals surface area contributed by atoms with Gasteiger partial charge in [-0.1, -0.05) is 20.3 Å². The molecule has 0 aromatic carbocycles. The fourth-order valence-electron chi connectivity index (χ4n) is 1.51. The monoisotopic (exact) mass is 303 g/mol. The summed E-state index contributed by atoms with van der Waals surface area (Å²) in [5, 5.41) is 2.76. The van der Waals surface area contributed by atoms with Crippen LogP contribution in [0.5, 0.6) is 0 Å². The summed E-state index contributed by atoms with van der Waals surface area (Å²) in [6.45, 7) is 4.13. The van der Waals surface area contributed by atoms with Crippen LogP contribution in [0.1, 0.15) is 32.3 Å². The van der Waals surface area contributed by atoms with Crippen LogP contribution < -0.4 is 11.1 Å². The van der Waals surface area contributed by atoms with Crippen LogP contribution in [0.2, 0.25) is 0 Å². The third-order valence-corrected chi connectivity index (χ3v) is 3.43. The van der Waals surface area contributed by atoms with E-state index in [-0.39, 0.29) is 18.3 Å². The highest BCUT2D eigenvalue weighted by Gasteiger charge is 2.12. The van der Waals surface area contributed by atoms with Gasteiger partial charge < -0.3 is 11.1 Å². The van der Waals surface area contributed by atoms with Gasteiger partial charge in [0.2, 0.25) is 5.91 Å². The molecule has 0 bridgehead atoms. The van der Waals surface area contributed by atoms with Gasteiger partial charge in [-0.25, -0.2) is 4.98 Å². The number of nitrogens with zero attached hydrogens (tertiary/aromatic N) is 1. The molecule has 4 nitrogen and oxygen atoms in total. The average molecular weight is 304 g/mol. The number of amides is 1. The molecule has 0 spiro atoms. The highest BCUT2D eigenvalue weighted by atomic mass is 35.5. The van der Waals surface area contributed by atoms with Gasteiger partial charge in [0.25, 0.3) is 0 Å². The van der Waals surface area contributed by atoms with Gasteiger partial charge in [0.15, 0.2) is 0 Å². The summed E-state index contributed by atoms with van der Waals surface area (Å²) in [5.74, 6) is 2.43. The van der Waals surface area contributed by atoms with E-state index in [1.807, 2.05) is 30.8 Å². The number of thioether (sulfide) groups is 1. The maximum absolute atomic E-state index is 11.7. The SMILES string of the molecule is CCCC(N)C(=O)Nc1cc(CSCC)ccn1.Cl. The lowest BCUT2D eigenvalue weighted by Crippen LogP contribution is -2.35. The molecule has 1 atom stereocenters. The molecule has 19 heavy (non-hydrogen) atoms. The van der Waals surface area contributed by atoms with Gasteiger partial charge in [-0.2, -0.15) is 11.8 Å². The van der Waals surface area contributed by atoms with Crippen molar-refractivity contribution in [2.45, 2.75) is 38.5 Å². The number of hydrogen-bond acceptors (Lipinski definition) is 4. The Hall–Kier alpha value is -0.780. The molecule has 6 heteroatoms. The molecular weight excluding hydrogens is 282 g/mol. The molecule has 0 fully saturated rings. The van der Waals surface area contributed by atoms with Gasteiger partial charge in [0, 0.05) is 11.9 Å². The molecule has 3 N–H and O–H groups in total. The van der Waals surface area contributed by atoms with Crippen LogP contribution in [0.4, 0.5) is 5.82 Å². The summed E-state index contributed by atoms with van der Waals surface area (Å²) in [5.41, 5.74) is 6.91. The Morgan fingerprint density at radius 1 is 1.53 bits per heavy atom. The van der Waals surface area contributed by atoms with E-state index in [9.17, 15) is 4.79 Å². The minimum atomic E-state index is -0.453. The minimum absolute atomic E-state index is 0. The summed E-state index contributed by atoms with van der Waals surface area (Å²) < 4.78 is 0. The van der Waals surface area contributed by atoms with Crippen LogP contribution in [0.15, 0.2) is 18.3 Å². The first-order valence-corrected chi connectivity index (χ1v) is 7.42. The van der Waals surface area contributed by atoms with Crippen molar-refractivity contribution in [3.8, 4) is 0 Å². The van der Waals surface area contributed by atoms with Crippen LogP contribution in [0.25, 0.3) is 0 Å². The second kappa shape index (κ2) is 10.1. The lowest BCUT2D eigenvalue weighted by Gasteiger charge is -2.11. The molecular formula is C13H22ClN3OS. The Bertz CT molecular complexity index is 390. The first kappa shape index (κ1) is 18.2. The van der Waals surface area contributed by atoms with Gasteiger partial charge in [0.1, 0.15) is 5.82 Å². The average Bonchev–Trinajstić information content (AvgIpc) is 2.37. The van der Waals surface area contributed by atoms with Crippen LogP contribution in [0, 0.1) is 0 Å². The molecule has 0 aliphatic carbocycles. The summed E-state index contributed by atoms with van der Waals surface area (Å²) >= 11 is 1.84. The minimum Gasteiger partial charge on any atom is -0.320 e. The predicted octanol–water partition coefficient (Wildman–Crippen LogP) is 2.82. The predicted molar refractivity (Wildman–Crippen MR) is 84.8 cm³/mol.